The second-order valence-electron chi connectivity index (χ2n) is 3.73. The van der Waals surface area contributed by atoms with Crippen molar-refractivity contribution in [1.29, 1.82) is 0 Å². The molecule has 1 amide bonds. The number of rotatable bonds is 5. The first-order valence-electron chi connectivity index (χ1n) is 5.39. The molecule has 0 aliphatic rings. The summed E-state index contributed by atoms with van der Waals surface area (Å²) in [5.41, 5.74) is 6.46. The molecule has 0 saturated heterocycles. The van der Waals surface area contributed by atoms with Crippen LogP contribution in [0, 0.1) is 0 Å². The van der Waals surface area contributed by atoms with Gasteiger partial charge in [-0.25, -0.2) is 8.42 Å². The van der Waals surface area contributed by atoms with Crippen molar-refractivity contribution in [3.05, 3.63) is 28.2 Å². The van der Waals surface area contributed by atoms with E-state index in [2.05, 4.69) is 21.2 Å². The molecule has 1 aromatic rings. The Labute approximate surface area is 115 Å². The number of anilines is 1. The minimum atomic E-state index is -3.07. The van der Waals surface area contributed by atoms with Gasteiger partial charge in [-0.2, -0.15) is 0 Å². The molecule has 0 radical (unpaired) electrons. The third kappa shape index (κ3) is 4.30. The first-order valence-corrected chi connectivity index (χ1v) is 8.01. The molecule has 3 N–H and O–H groups in total. The fourth-order valence-electron chi connectivity index (χ4n) is 1.28. The molecule has 1 aromatic carbocycles. The number of sulfone groups is 1. The van der Waals surface area contributed by atoms with E-state index in [9.17, 15) is 13.2 Å². The highest BCUT2D eigenvalue weighted by Gasteiger charge is 2.12. The van der Waals surface area contributed by atoms with E-state index in [0.717, 1.165) is 0 Å². The molecule has 7 heteroatoms. The van der Waals surface area contributed by atoms with Gasteiger partial charge >= 0.3 is 0 Å². The average molecular weight is 335 g/mol. The predicted octanol–water partition coefficient (Wildman–Crippen LogP) is 1.20. The van der Waals surface area contributed by atoms with E-state index >= 15 is 0 Å². The number of nitrogens with one attached hydrogen (secondary N) is 1. The van der Waals surface area contributed by atoms with Crippen LogP contribution in [-0.4, -0.2) is 32.4 Å². The summed E-state index contributed by atoms with van der Waals surface area (Å²) in [5.74, 6) is -0.333. The zero-order valence-corrected chi connectivity index (χ0v) is 12.3. The van der Waals surface area contributed by atoms with Crippen molar-refractivity contribution in [3.8, 4) is 0 Å². The van der Waals surface area contributed by atoms with E-state index in [1.54, 1.807) is 19.1 Å². The first-order chi connectivity index (χ1) is 8.35. The maximum Gasteiger partial charge on any atom is 0.252 e. The lowest BCUT2D eigenvalue weighted by Gasteiger charge is -2.07. The van der Waals surface area contributed by atoms with Gasteiger partial charge in [0, 0.05) is 22.5 Å². The molecular weight excluding hydrogens is 320 g/mol. The summed E-state index contributed by atoms with van der Waals surface area (Å²) in [6.07, 6.45) is 0. The Hall–Kier alpha value is -1.08. The van der Waals surface area contributed by atoms with E-state index in [4.69, 9.17) is 5.73 Å². The van der Waals surface area contributed by atoms with Gasteiger partial charge in [0.2, 0.25) is 0 Å². The first kappa shape index (κ1) is 15.0. The SMILES string of the molecule is CCS(=O)(=O)CCNC(=O)c1cc(N)ccc1Br. The van der Waals surface area contributed by atoms with Gasteiger partial charge in [-0.15, -0.1) is 0 Å². The molecule has 0 atom stereocenters. The number of nitrogen functional groups attached to an aromatic ring is 1. The van der Waals surface area contributed by atoms with E-state index in [1.165, 1.54) is 6.07 Å². The molecule has 0 aromatic heterocycles. The molecule has 1 rings (SSSR count). The van der Waals surface area contributed by atoms with Gasteiger partial charge < -0.3 is 11.1 Å². The molecule has 0 fully saturated rings. The minimum absolute atomic E-state index is 0.0603. The fourth-order valence-corrected chi connectivity index (χ4v) is 2.40. The number of amides is 1. The lowest BCUT2D eigenvalue weighted by Crippen LogP contribution is -2.29. The van der Waals surface area contributed by atoms with Crippen LogP contribution >= 0.6 is 15.9 Å². The third-order valence-electron chi connectivity index (χ3n) is 2.37. The molecule has 0 saturated carbocycles. The molecule has 5 nitrogen and oxygen atoms in total. The number of benzene rings is 1. The van der Waals surface area contributed by atoms with E-state index in [-0.39, 0.29) is 24.0 Å². The van der Waals surface area contributed by atoms with Crippen LogP contribution in [0.4, 0.5) is 5.69 Å². The summed E-state index contributed by atoms with van der Waals surface area (Å²) in [6, 6.07) is 4.88. The van der Waals surface area contributed by atoms with Gasteiger partial charge in [0.1, 0.15) is 0 Å². The molecular formula is C11H15BrN2O3S. The van der Waals surface area contributed by atoms with Crippen molar-refractivity contribution < 1.29 is 13.2 Å². The van der Waals surface area contributed by atoms with Crippen LogP contribution in [0.25, 0.3) is 0 Å². The summed E-state index contributed by atoms with van der Waals surface area (Å²) in [4.78, 5) is 11.8. The highest BCUT2D eigenvalue weighted by molar-refractivity contribution is 9.10. The smallest absolute Gasteiger partial charge is 0.252 e. The maximum atomic E-state index is 11.8. The summed E-state index contributed by atoms with van der Waals surface area (Å²) < 4.78 is 23.1. The molecule has 100 valence electrons. The summed E-state index contributed by atoms with van der Waals surface area (Å²) >= 11 is 3.24. The van der Waals surface area contributed by atoms with Crippen molar-refractivity contribution in [2.24, 2.45) is 0 Å². The van der Waals surface area contributed by atoms with Crippen LogP contribution in [-0.2, 0) is 9.84 Å². The summed E-state index contributed by atoms with van der Waals surface area (Å²) in [5, 5.41) is 2.55. The zero-order chi connectivity index (χ0) is 13.8. The highest BCUT2D eigenvalue weighted by Crippen LogP contribution is 2.19. The Morgan fingerprint density at radius 3 is 2.72 bits per heavy atom. The second kappa shape index (κ2) is 6.19. The van der Waals surface area contributed by atoms with Crippen LogP contribution < -0.4 is 11.1 Å². The quantitative estimate of drug-likeness (QED) is 0.791. The van der Waals surface area contributed by atoms with Gasteiger partial charge in [-0.3, -0.25) is 4.79 Å². The molecule has 0 spiro atoms. The topological polar surface area (TPSA) is 89.3 Å². The van der Waals surface area contributed by atoms with E-state index in [1.807, 2.05) is 0 Å². The predicted molar refractivity (Wildman–Crippen MR) is 75.2 cm³/mol. The van der Waals surface area contributed by atoms with Gasteiger partial charge in [0.15, 0.2) is 9.84 Å². The minimum Gasteiger partial charge on any atom is -0.399 e. The molecule has 0 heterocycles. The van der Waals surface area contributed by atoms with Crippen LogP contribution in [0.5, 0.6) is 0 Å². The maximum absolute atomic E-state index is 11.8. The van der Waals surface area contributed by atoms with E-state index < -0.39 is 9.84 Å². The number of nitrogens with two attached hydrogens (primary N) is 1. The monoisotopic (exact) mass is 334 g/mol. The van der Waals surface area contributed by atoms with Gasteiger partial charge in [-0.05, 0) is 34.1 Å². The second-order valence-corrected chi connectivity index (χ2v) is 7.06. The average Bonchev–Trinajstić information content (AvgIpc) is 2.32. The lowest BCUT2D eigenvalue weighted by molar-refractivity contribution is 0.0955. The molecule has 18 heavy (non-hydrogen) atoms. The molecule has 0 bridgehead atoms. The lowest BCUT2D eigenvalue weighted by atomic mass is 10.2. The Bertz CT molecular complexity index is 543. The largest absolute Gasteiger partial charge is 0.399 e. The van der Waals surface area contributed by atoms with Crippen molar-refractivity contribution in [2.75, 3.05) is 23.8 Å². The van der Waals surface area contributed by atoms with Gasteiger partial charge in [-0.1, -0.05) is 6.92 Å². The third-order valence-corrected chi connectivity index (χ3v) is 4.77. The fraction of sp³-hybridized carbons (Fsp3) is 0.364. The van der Waals surface area contributed by atoms with Crippen LogP contribution in [0.1, 0.15) is 17.3 Å². The van der Waals surface area contributed by atoms with E-state index in [0.29, 0.717) is 15.7 Å². The summed E-state index contributed by atoms with van der Waals surface area (Å²) in [7, 11) is -3.07. The standard InChI is InChI=1S/C11H15BrN2O3S/c1-2-18(16,17)6-5-14-11(15)9-7-8(13)3-4-10(9)12/h3-4,7H,2,5-6,13H2,1H3,(H,14,15). The van der Waals surface area contributed by atoms with Crippen LogP contribution in [0.3, 0.4) is 0 Å². The molecule has 0 aliphatic carbocycles. The van der Waals surface area contributed by atoms with Crippen LogP contribution in [0.15, 0.2) is 22.7 Å². The number of carbonyl (C=O) groups excluding carboxylic acids is 1. The highest BCUT2D eigenvalue weighted by atomic mass is 79.9. The number of carbonyl (C=O) groups is 1. The Morgan fingerprint density at radius 1 is 1.44 bits per heavy atom. The Morgan fingerprint density at radius 2 is 2.11 bits per heavy atom. The van der Waals surface area contributed by atoms with Crippen LogP contribution in [0.2, 0.25) is 0 Å². The zero-order valence-electron chi connectivity index (χ0n) is 9.94. The Kier molecular flexibility index (Phi) is 5.15. The number of hydrogen-bond donors (Lipinski definition) is 2. The van der Waals surface area contributed by atoms with Crippen molar-refractivity contribution in [3.63, 3.8) is 0 Å². The van der Waals surface area contributed by atoms with Crippen molar-refractivity contribution in [2.45, 2.75) is 6.92 Å². The van der Waals surface area contributed by atoms with Crippen molar-refractivity contribution in [1.82, 2.24) is 5.32 Å². The van der Waals surface area contributed by atoms with Gasteiger partial charge in [0.25, 0.3) is 5.91 Å². The number of hydrogen-bond acceptors (Lipinski definition) is 4. The van der Waals surface area contributed by atoms with Crippen molar-refractivity contribution >= 4 is 37.4 Å². The summed E-state index contributed by atoms with van der Waals surface area (Å²) in [6.45, 7) is 1.67. The number of halogens is 1. The molecule has 0 aliphatic heterocycles. The molecule has 0 unspecified atom stereocenters. The normalized spacial score (nSPS) is 11.2. The Balaban J connectivity index is 2.64. The van der Waals surface area contributed by atoms with Gasteiger partial charge in [0.05, 0.1) is 11.3 Å².